The molecule has 1 amide bonds. The fraction of sp³-hybridized carbons (Fsp3) is 0.387. The summed E-state index contributed by atoms with van der Waals surface area (Å²) in [4.78, 5) is 15.6. The van der Waals surface area contributed by atoms with Gasteiger partial charge in [-0.3, -0.25) is 9.69 Å². The quantitative estimate of drug-likeness (QED) is 0.400. The van der Waals surface area contributed by atoms with Gasteiger partial charge in [0.2, 0.25) is 5.91 Å². The molecule has 2 saturated heterocycles. The van der Waals surface area contributed by atoms with Crippen molar-refractivity contribution in [3.8, 4) is 0 Å². The summed E-state index contributed by atoms with van der Waals surface area (Å²) in [5.74, 6) is 0.898. The van der Waals surface area contributed by atoms with Crippen LogP contribution in [0.5, 0.6) is 0 Å². The second-order valence-electron chi connectivity index (χ2n) is 9.99. The third-order valence-corrected chi connectivity index (χ3v) is 7.60. The van der Waals surface area contributed by atoms with Crippen LogP contribution in [0.3, 0.4) is 0 Å². The topological polar surface area (TPSA) is 41.6 Å². The van der Waals surface area contributed by atoms with E-state index in [1.54, 1.807) is 0 Å². The molecule has 0 saturated carbocycles. The minimum absolute atomic E-state index is 0. The van der Waals surface area contributed by atoms with Crippen LogP contribution in [0.4, 0.5) is 0 Å². The van der Waals surface area contributed by atoms with E-state index in [1.165, 1.54) is 24.0 Å². The first-order valence-electron chi connectivity index (χ1n) is 13.1. The number of ether oxygens (including phenoxy) is 1. The first kappa shape index (κ1) is 26.4. The van der Waals surface area contributed by atoms with Gasteiger partial charge in [-0.15, -0.1) is 12.4 Å². The highest BCUT2D eigenvalue weighted by Gasteiger charge is 2.40. The Labute approximate surface area is 221 Å². The van der Waals surface area contributed by atoms with Crippen LogP contribution in [0.1, 0.15) is 54.4 Å². The molecule has 5 rings (SSSR count). The van der Waals surface area contributed by atoms with E-state index in [0.717, 1.165) is 38.2 Å². The monoisotopic (exact) mass is 504 g/mol. The second-order valence-corrected chi connectivity index (χ2v) is 9.99. The van der Waals surface area contributed by atoms with Gasteiger partial charge in [0.25, 0.3) is 0 Å². The van der Waals surface area contributed by atoms with E-state index in [9.17, 15) is 4.79 Å². The van der Waals surface area contributed by atoms with Gasteiger partial charge in [0.1, 0.15) is 6.10 Å². The number of nitrogens with one attached hydrogen (secondary N) is 1. The van der Waals surface area contributed by atoms with E-state index in [4.69, 9.17) is 4.74 Å². The molecule has 0 aliphatic carbocycles. The average molecular weight is 505 g/mol. The Morgan fingerprint density at radius 3 is 2.06 bits per heavy atom. The lowest BCUT2D eigenvalue weighted by atomic mass is 9.87. The maximum absolute atomic E-state index is 13.1. The van der Waals surface area contributed by atoms with Gasteiger partial charge in [-0.1, -0.05) is 91.0 Å². The van der Waals surface area contributed by atoms with E-state index in [2.05, 4.69) is 76.9 Å². The number of likely N-dealkylation sites (tertiary alicyclic amines) is 1. The summed E-state index contributed by atoms with van der Waals surface area (Å²) in [7, 11) is 0. The average Bonchev–Trinajstić information content (AvgIpc) is 3.37. The summed E-state index contributed by atoms with van der Waals surface area (Å²) in [5.41, 5.74) is 3.76. The molecule has 0 spiro atoms. The van der Waals surface area contributed by atoms with Crippen LogP contribution < -0.4 is 5.32 Å². The van der Waals surface area contributed by atoms with Crippen molar-refractivity contribution >= 4 is 18.3 Å². The maximum Gasteiger partial charge on any atom is 0.249 e. The first-order chi connectivity index (χ1) is 17.3. The van der Waals surface area contributed by atoms with Gasteiger partial charge in [-0.2, -0.15) is 0 Å². The molecule has 0 radical (unpaired) electrons. The van der Waals surface area contributed by atoms with Gasteiger partial charge in [0, 0.05) is 19.0 Å². The Balaban J connectivity index is 0.00000304. The van der Waals surface area contributed by atoms with Gasteiger partial charge < -0.3 is 10.1 Å². The largest absolute Gasteiger partial charge is 0.360 e. The summed E-state index contributed by atoms with van der Waals surface area (Å²) < 4.78 is 6.37. The Morgan fingerprint density at radius 2 is 1.42 bits per heavy atom. The molecule has 0 aromatic heterocycles. The zero-order valence-electron chi connectivity index (χ0n) is 20.8. The number of hydrogen-bond acceptors (Lipinski definition) is 3. The molecule has 190 valence electrons. The molecule has 1 N–H and O–H groups in total. The summed E-state index contributed by atoms with van der Waals surface area (Å²) in [5, 5.41) is 3.19. The molecule has 2 fully saturated rings. The molecule has 3 atom stereocenters. The summed E-state index contributed by atoms with van der Waals surface area (Å²) in [6.45, 7) is 4.04. The lowest BCUT2D eigenvalue weighted by molar-refractivity contribution is -0.132. The van der Waals surface area contributed by atoms with Crippen LogP contribution in [0.15, 0.2) is 91.0 Å². The zero-order valence-corrected chi connectivity index (χ0v) is 21.6. The number of benzene rings is 3. The number of hydrogen-bond donors (Lipinski definition) is 1. The number of carbonyl (C=O) groups is 1. The number of nitrogens with zero attached hydrogens (tertiary/aromatic N) is 1. The molecule has 5 heteroatoms. The molecular formula is C31H37ClN2O2. The molecular weight excluding hydrogens is 468 g/mol. The first-order valence-corrected chi connectivity index (χ1v) is 13.1. The fourth-order valence-corrected chi connectivity index (χ4v) is 5.60. The van der Waals surface area contributed by atoms with Gasteiger partial charge in [-0.05, 0) is 61.4 Å². The molecule has 3 aromatic rings. The Morgan fingerprint density at radius 1 is 0.833 bits per heavy atom. The van der Waals surface area contributed by atoms with Crippen molar-refractivity contribution in [3.05, 3.63) is 108 Å². The van der Waals surface area contributed by atoms with Crippen LogP contribution >= 0.6 is 12.4 Å². The van der Waals surface area contributed by atoms with Crippen molar-refractivity contribution in [2.24, 2.45) is 5.92 Å². The molecule has 4 nitrogen and oxygen atoms in total. The molecule has 3 aromatic carbocycles. The number of carbonyl (C=O) groups excluding carboxylic acids is 1. The minimum Gasteiger partial charge on any atom is -0.360 e. The molecule has 0 bridgehead atoms. The normalized spacial score (nSPS) is 22.6. The Bertz CT molecular complexity index is 1010. The predicted octanol–water partition coefficient (Wildman–Crippen LogP) is 6.14. The van der Waals surface area contributed by atoms with Gasteiger partial charge >= 0.3 is 0 Å². The minimum atomic E-state index is -0.405. The van der Waals surface area contributed by atoms with Crippen LogP contribution in [0.25, 0.3) is 0 Å². The number of amides is 1. The highest BCUT2D eigenvalue weighted by molar-refractivity contribution is 5.85. The van der Waals surface area contributed by atoms with Crippen molar-refractivity contribution in [3.63, 3.8) is 0 Å². The van der Waals surface area contributed by atoms with Gasteiger partial charge in [-0.25, -0.2) is 0 Å². The van der Waals surface area contributed by atoms with E-state index in [0.29, 0.717) is 12.3 Å². The van der Waals surface area contributed by atoms with Crippen molar-refractivity contribution < 1.29 is 9.53 Å². The van der Waals surface area contributed by atoms with E-state index in [1.807, 2.05) is 24.3 Å². The molecule has 2 heterocycles. The standard InChI is InChI=1S/C31H36N2O2.ClH/c34-31(32-19-16-24-17-20-33(21-18-24)23-25-10-4-1-5-11-25)29-22-28(26-12-6-2-7-13-26)30(35-29)27-14-8-3-9-15-27;/h1-15,24,28-30H,16-23H2,(H,32,34);1H. The third kappa shape index (κ3) is 6.76. The molecule has 2 aliphatic rings. The van der Waals surface area contributed by atoms with E-state index < -0.39 is 6.10 Å². The van der Waals surface area contributed by atoms with Gasteiger partial charge in [0.15, 0.2) is 0 Å². The Kier molecular flexibility index (Phi) is 9.57. The van der Waals surface area contributed by atoms with Crippen molar-refractivity contribution in [2.75, 3.05) is 19.6 Å². The maximum atomic E-state index is 13.1. The van der Waals surface area contributed by atoms with Gasteiger partial charge in [0.05, 0.1) is 6.10 Å². The lowest BCUT2D eigenvalue weighted by Crippen LogP contribution is -2.37. The van der Waals surface area contributed by atoms with E-state index >= 15 is 0 Å². The van der Waals surface area contributed by atoms with Crippen LogP contribution in [-0.2, 0) is 16.1 Å². The smallest absolute Gasteiger partial charge is 0.249 e. The fourth-order valence-electron chi connectivity index (χ4n) is 5.60. The van der Waals surface area contributed by atoms with Crippen molar-refractivity contribution in [1.29, 1.82) is 0 Å². The van der Waals surface area contributed by atoms with Crippen LogP contribution in [-0.4, -0.2) is 36.5 Å². The number of piperidine rings is 1. The summed E-state index contributed by atoms with van der Waals surface area (Å²) >= 11 is 0. The van der Waals surface area contributed by atoms with E-state index in [-0.39, 0.29) is 30.3 Å². The molecule has 36 heavy (non-hydrogen) atoms. The Hall–Kier alpha value is -2.66. The highest BCUT2D eigenvalue weighted by Crippen LogP contribution is 2.44. The summed E-state index contributed by atoms with van der Waals surface area (Å²) in [6.07, 6.45) is 3.67. The van der Waals surface area contributed by atoms with Crippen molar-refractivity contribution in [1.82, 2.24) is 10.2 Å². The summed E-state index contributed by atoms with van der Waals surface area (Å²) in [6, 6.07) is 31.5. The zero-order chi connectivity index (χ0) is 23.9. The van der Waals surface area contributed by atoms with Crippen molar-refractivity contribution in [2.45, 2.75) is 50.4 Å². The third-order valence-electron chi connectivity index (χ3n) is 7.60. The lowest BCUT2D eigenvalue weighted by Gasteiger charge is -2.32. The second kappa shape index (κ2) is 13.0. The predicted molar refractivity (Wildman–Crippen MR) is 147 cm³/mol. The van der Waals surface area contributed by atoms with Crippen LogP contribution in [0, 0.1) is 5.92 Å². The number of rotatable bonds is 8. The number of halogens is 1. The SMILES string of the molecule is Cl.O=C(NCCC1CCN(Cc2ccccc2)CC1)C1CC(c2ccccc2)C(c2ccccc2)O1. The highest BCUT2D eigenvalue weighted by atomic mass is 35.5. The molecule has 2 aliphatic heterocycles. The molecule has 3 unspecified atom stereocenters. The van der Waals surface area contributed by atoms with Crippen LogP contribution in [0.2, 0.25) is 0 Å².